The molecule has 2 N–H and O–H groups in total. The van der Waals surface area contributed by atoms with Gasteiger partial charge in [-0.1, -0.05) is 33.6 Å². The molecule has 0 fully saturated rings. The molecule has 0 spiro atoms. The third-order valence-corrected chi connectivity index (χ3v) is 3.60. The lowest BCUT2D eigenvalue weighted by atomic mass is 10.1. The summed E-state index contributed by atoms with van der Waals surface area (Å²) in [5, 5.41) is 0.526. The highest BCUT2D eigenvalue weighted by atomic mass is 79.9. The van der Waals surface area contributed by atoms with Crippen LogP contribution in [0.25, 0.3) is 0 Å². The molecule has 0 saturated carbocycles. The molecule has 2 aromatic rings. The molecule has 3 nitrogen and oxygen atoms in total. The second-order valence-electron chi connectivity index (χ2n) is 4.34. The van der Waals surface area contributed by atoms with E-state index in [2.05, 4.69) is 15.9 Å². The van der Waals surface area contributed by atoms with Gasteiger partial charge >= 0.3 is 0 Å². The van der Waals surface area contributed by atoms with Crippen molar-refractivity contribution in [1.82, 2.24) is 0 Å². The molecule has 0 amide bonds. The third-order valence-electron chi connectivity index (χ3n) is 2.82. The largest absolute Gasteiger partial charge is 0.496 e. The Morgan fingerprint density at radius 3 is 2.45 bits per heavy atom. The molecular weight excluding hydrogens is 342 g/mol. The maximum Gasteiger partial charge on any atom is 0.146 e. The van der Waals surface area contributed by atoms with Crippen LogP contribution in [0.1, 0.15) is 18.5 Å². The van der Waals surface area contributed by atoms with Crippen LogP contribution < -0.4 is 15.2 Å². The Kier molecular flexibility index (Phi) is 4.91. The molecule has 2 aromatic carbocycles. The quantitative estimate of drug-likeness (QED) is 0.845. The molecule has 0 heterocycles. The van der Waals surface area contributed by atoms with Crippen LogP contribution in [0, 0.1) is 0 Å². The van der Waals surface area contributed by atoms with Crippen LogP contribution in [-0.2, 0) is 0 Å². The molecule has 5 heteroatoms. The minimum absolute atomic E-state index is 0.213. The Morgan fingerprint density at radius 1 is 1.15 bits per heavy atom. The monoisotopic (exact) mass is 355 g/mol. The van der Waals surface area contributed by atoms with Crippen molar-refractivity contribution in [2.24, 2.45) is 5.73 Å². The maximum atomic E-state index is 6.17. The highest BCUT2D eigenvalue weighted by Crippen LogP contribution is 2.38. The first-order valence-corrected chi connectivity index (χ1v) is 7.25. The molecule has 0 aromatic heterocycles. The number of nitrogens with two attached hydrogens (primary N) is 1. The Balaban J connectivity index is 2.43. The van der Waals surface area contributed by atoms with E-state index in [1.54, 1.807) is 19.2 Å². The summed E-state index contributed by atoms with van der Waals surface area (Å²) < 4.78 is 12.1. The van der Waals surface area contributed by atoms with Crippen molar-refractivity contribution in [3.8, 4) is 17.2 Å². The van der Waals surface area contributed by atoms with Crippen LogP contribution in [0.3, 0.4) is 0 Å². The van der Waals surface area contributed by atoms with Gasteiger partial charge in [0.05, 0.1) is 17.7 Å². The summed E-state index contributed by atoms with van der Waals surface area (Å²) in [5.41, 5.74) is 6.82. The average Bonchev–Trinajstić information content (AvgIpc) is 2.41. The molecule has 0 aliphatic heterocycles. The van der Waals surface area contributed by atoms with Gasteiger partial charge in [-0.3, -0.25) is 0 Å². The van der Waals surface area contributed by atoms with Gasteiger partial charge in [0.25, 0.3) is 0 Å². The highest BCUT2D eigenvalue weighted by molar-refractivity contribution is 9.10. The Labute approximate surface area is 131 Å². The molecule has 106 valence electrons. The van der Waals surface area contributed by atoms with Crippen molar-refractivity contribution in [3.05, 3.63) is 51.5 Å². The predicted octanol–water partition coefficient (Wildman–Crippen LogP) is 4.92. The summed E-state index contributed by atoms with van der Waals surface area (Å²) >= 11 is 9.53. The summed E-state index contributed by atoms with van der Waals surface area (Å²) in [6.07, 6.45) is 0. The summed E-state index contributed by atoms with van der Waals surface area (Å²) in [6, 6.07) is 10.8. The van der Waals surface area contributed by atoms with Gasteiger partial charge in [0.1, 0.15) is 17.2 Å². The molecule has 0 saturated heterocycles. The van der Waals surface area contributed by atoms with E-state index >= 15 is 0 Å². The van der Waals surface area contributed by atoms with E-state index in [1.807, 2.05) is 31.2 Å². The van der Waals surface area contributed by atoms with Gasteiger partial charge < -0.3 is 15.2 Å². The van der Waals surface area contributed by atoms with Gasteiger partial charge in [0, 0.05) is 10.5 Å². The van der Waals surface area contributed by atoms with Crippen LogP contribution in [0.15, 0.2) is 40.9 Å². The SMILES string of the molecule is COc1cccc(Oc2ccc(Br)cc2Cl)c1[C@@H](C)N. The van der Waals surface area contributed by atoms with E-state index in [1.165, 1.54) is 0 Å². The zero-order valence-corrected chi connectivity index (χ0v) is 13.5. The van der Waals surface area contributed by atoms with Crippen LogP contribution in [0.5, 0.6) is 17.2 Å². The van der Waals surface area contributed by atoms with Crippen LogP contribution in [-0.4, -0.2) is 7.11 Å². The van der Waals surface area contributed by atoms with Crippen molar-refractivity contribution in [2.45, 2.75) is 13.0 Å². The highest BCUT2D eigenvalue weighted by Gasteiger charge is 2.15. The van der Waals surface area contributed by atoms with Crippen LogP contribution >= 0.6 is 27.5 Å². The minimum Gasteiger partial charge on any atom is -0.496 e. The van der Waals surface area contributed by atoms with Gasteiger partial charge in [-0.15, -0.1) is 0 Å². The molecule has 2 rings (SSSR count). The lowest BCUT2D eigenvalue weighted by Crippen LogP contribution is -2.08. The first-order valence-electron chi connectivity index (χ1n) is 6.08. The molecule has 1 atom stereocenters. The van der Waals surface area contributed by atoms with E-state index in [-0.39, 0.29) is 6.04 Å². The van der Waals surface area contributed by atoms with E-state index in [0.717, 1.165) is 10.0 Å². The average molecular weight is 357 g/mol. The Hall–Kier alpha value is -1.23. The zero-order chi connectivity index (χ0) is 14.7. The topological polar surface area (TPSA) is 44.5 Å². The van der Waals surface area contributed by atoms with Crippen LogP contribution in [0.4, 0.5) is 0 Å². The van der Waals surface area contributed by atoms with Crippen molar-refractivity contribution in [3.63, 3.8) is 0 Å². The fourth-order valence-electron chi connectivity index (χ4n) is 1.92. The fraction of sp³-hybridized carbons (Fsp3) is 0.200. The van der Waals surface area contributed by atoms with Crippen molar-refractivity contribution >= 4 is 27.5 Å². The number of benzene rings is 2. The van der Waals surface area contributed by atoms with Gasteiger partial charge in [0.2, 0.25) is 0 Å². The third kappa shape index (κ3) is 3.26. The molecular formula is C15H15BrClNO2. The standard InChI is InChI=1S/C15H15BrClNO2/c1-9(18)15-13(19-2)4-3-5-14(15)20-12-7-6-10(16)8-11(12)17/h3-9H,18H2,1-2H3/t9-/m1/s1. The molecule has 0 unspecified atom stereocenters. The number of ether oxygens (including phenoxy) is 2. The summed E-state index contributed by atoms with van der Waals surface area (Å²) in [6.45, 7) is 1.88. The number of rotatable bonds is 4. The fourth-order valence-corrected chi connectivity index (χ4v) is 2.63. The number of halogens is 2. The van der Waals surface area contributed by atoms with Crippen molar-refractivity contribution < 1.29 is 9.47 Å². The van der Waals surface area contributed by atoms with Gasteiger partial charge in [-0.25, -0.2) is 0 Å². The zero-order valence-electron chi connectivity index (χ0n) is 11.2. The number of hydrogen-bond acceptors (Lipinski definition) is 3. The van der Waals surface area contributed by atoms with Crippen LogP contribution in [0.2, 0.25) is 5.02 Å². The van der Waals surface area contributed by atoms with E-state index in [9.17, 15) is 0 Å². The van der Waals surface area contributed by atoms with E-state index in [0.29, 0.717) is 22.3 Å². The first-order chi connectivity index (χ1) is 9.52. The minimum atomic E-state index is -0.213. The molecule has 0 bridgehead atoms. The van der Waals surface area contributed by atoms with Gasteiger partial charge in [-0.05, 0) is 37.3 Å². The van der Waals surface area contributed by atoms with Gasteiger partial charge in [-0.2, -0.15) is 0 Å². The van der Waals surface area contributed by atoms with Crippen molar-refractivity contribution in [1.29, 1.82) is 0 Å². The Morgan fingerprint density at radius 2 is 1.85 bits per heavy atom. The number of methoxy groups -OCH3 is 1. The van der Waals surface area contributed by atoms with E-state index < -0.39 is 0 Å². The summed E-state index contributed by atoms with van der Waals surface area (Å²) in [5.74, 6) is 1.92. The number of hydrogen-bond donors (Lipinski definition) is 1. The molecule has 0 aliphatic carbocycles. The summed E-state index contributed by atoms with van der Waals surface area (Å²) in [7, 11) is 1.61. The smallest absolute Gasteiger partial charge is 0.146 e. The predicted molar refractivity (Wildman–Crippen MR) is 84.8 cm³/mol. The lowest BCUT2D eigenvalue weighted by Gasteiger charge is -2.17. The second kappa shape index (κ2) is 6.48. The molecule has 0 aliphatic rings. The van der Waals surface area contributed by atoms with Crippen molar-refractivity contribution in [2.75, 3.05) is 7.11 Å². The lowest BCUT2D eigenvalue weighted by molar-refractivity contribution is 0.397. The second-order valence-corrected chi connectivity index (χ2v) is 5.66. The first kappa shape index (κ1) is 15.2. The summed E-state index contributed by atoms with van der Waals surface area (Å²) in [4.78, 5) is 0. The molecule has 0 radical (unpaired) electrons. The van der Waals surface area contributed by atoms with E-state index in [4.69, 9.17) is 26.8 Å². The maximum absolute atomic E-state index is 6.17. The normalized spacial score (nSPS) is 12.1. The Bertz CT molecular complexity index is 617. The van der Waals surface area contributed by atoms with Gasteiger partial charge in [0.15, 0.2) is 0 Å². The molecule has 20 heavy (non-hydrogen) atoms.